The minimum Gasteiger partial charge on any atom is -0.497 e. The van der Waals surface area contributed by atoms with Crippen molar-refractivity contribution in [3.8, 4) is 28.7 Å². The summed E-state index contributed by atoms with van der Waals surface area (Å²) in [7, 11) is 1.63. The van der Waals surface area contributed by atoms with E-state index in [9.17, 15) is 0 Å². The monoisotopic (exact) mass is 309 g/mol. The summed E-state index contributed by atoms with van der Waals surface area (Å²) in [6.45, 7) is 3.94. The minimum atomic E-state index is -0.373. The summed E-state index contributed by atoms with van der Waals surface area (Å²) in [5, 5.41) is 8.23. The second-order valence-electron chi connectivity index (χ2n) is 5.94. The van der Waals surface area contributed by atoms with E-state index in [1.807, 2.05) is 62.4 Å². The molecule has 0 atom stereocenters. The molecule has 0 aliphatic rings. The summed E-state index contributed by atoms with van der Waals surface area (Å²) in [6, 6.07) is 15.3. The van der Waals surface area contributed by atoms with E-state index in [-0.39, 0.29) is 5.54 Å². The van der Waals surface area contributed by atoms with Crippen LogP contribution in [0.25, 0.3) is 22.9 Å². The Morgan fingerprint density at radius 2 is 1.35 bits per heavy atom. The van der Waals surface area contributed by atoms with Crippen molar-refractivity contribution in [1.29, 1.82) is 0 Å². The topological polar surface area (TPSA) is 74.2 Å². The van der Waals surface area contributed by atoms with Gasteiger partial charge in [0.2, 0.25) is 11.8 Å². The van der Waals surface area contributed by atoms with Crippen LogP contribution in [0.5, 0.6) is 5.75 Å². The summed E-state index contributed by atoms with van der Waals surface area (Å²) in [5.41, 5.74) is 8.48. The average molecular weight is 309 g/mol. The Kier molecular flexibility index (Phi) is 3.88. The molecule has 3 rings (SSSR count). The molecule has 3 aromatic rings. The first-order valence-corrected chi connectivity index (χ1v) is 7.35. The molecule has 118 valence electrons. The molecular weight excluding hydrogens is 290 g/mol. The van der Waals surface area contributed by atoms with Crippen LogP contribution >= 0.6 is 0 Å². The van der Waals surface area contributed by atoms with Crippen molar-refractivity contribution in [3.05, 3.63) is 54.1 Å². The summed E-state index contributed by atoms with van der Waals surface area (Å²) < 4.78 is 10.9. The molecule has 5 nitrogen and oxygen atoms in total. The fourth-order valence-electron chi connectivity index (χ4n) is 2.23. The molecule has 5 heteroatoms. The lowest BCUT2D eigenvalue weighted by Crippen LogP contribution is -2.28. The highest BCUT2D eigenvalue weighted by Gasteiger charge is 2.15. The molecule has 2 N–H and O–H groups in total. The normalized spacial score (nSPS) is 11.5. The van der Waals surface area contributed by atoms with E-state index >= 15 is 0 Å². The standard InChI is InChI=1S/C18H19N3O2/c1-18(2,19)14-8-4-12(5-9-14)16-20-21-17(23-16)13-6-10-15(22-3)11-7-13/h4-11H,19H2,1-3H3. The minimum absolute atomic E-state index is 0.373. The maximum atomic E-state index is 6.09. The highest BCUT2D eigenvalue weighted by atomic mass is 16.5. The number of rotatable bonds is 4. The predicted octanol–water partition coefficient (Wildman–Crippen LogP) is 3.61. The predicted molar refractivity (Wildman–Crippen MR) is 88.9 cm³/mol. The van der Waals surface area contributed by atoms with Gasteiger partial charge in [-0.25, -0.2) is 0 Å². The van der Waals surface area contributed by atoms with Crippen molar-refractivity contribution in [1.82, 2.24) is 10.2 Å². The highest BCUT2D eigenvalue weighted by molar-refractivity contribution is 5.59. The first-order chi connectivity index (χ1) is 11.0. The van der Waals surface area contributed by atoms with Crippen molar-refractivity contribution in [2.75, 3.05) is 7.11 Å². The molecule has 0 saturated heterocycles. The molecular formula is C18H19N3O2. The summed E-state index contributed by atoms with van der Waals surface area (Å²) in [6.07, 6.45) is 0. The van der Waals surface area contributed by atoms with Crippen LogP contribution in [0.1, 0.15) is 19.4 Å². The largest absolute Gasteiger partial charge is 0.497 e. The van der Waals surface area contributed by atoms with Crippen LogP contribution < -0.4 is 10.5 Å². The van der Waals surface area contributed by atoms with Gasteiger partial charge in [0.15, 0.2) is 0 Å². The number of methoxy groups -OCH3 is 1. The van der Waals surface area contributed by atoms with Crippen molar-refractivity contribution in [2.24, 2.45) is 5.73 Å². The van der Waals surface area contributed by atoms with Crippen LogP contribution in [0, 0.1) is 0 Å². The maximum Gasteiger partial charge on any atom is 0.248 e. The molecule has 0 bridgehead atoms. The van der Waals surface area contributed by atoms with Crippen LogP contribution in [0.15, 0.2) is 52.9 Å². The smallest absolute Gasteiger partial charge is 0.248 e. The molecule has 0 saturated carbocycles. The molecule has 0 spiro atoms. The van der Waals surface area contributed by atoms with E-state index in [0.717, 1.165) is 22.4 Å². The van der Waals surface area contributed by atoms with Gasteiger partial charge in [-0.2, -0.15) is 0 Å². The third-order valence-corrected chi connectivity index (χ3v) is 3.64. The molecule has 0 radical (unpaired) electrons. The van der Waals surface area contributed by atoms with Gasteiger partial charge >= 0.3 is 0 Å². The zero-order valence-corrected chi connectivity index (χ0v) is 13.4. The van der Waals surface area contributed by atoms with Crippen molar-refractivity contribution in [3.63, 3.8) is 0 Å². The Morgan fingerprint density at radius 1 is 0.870 bits per heavy atom. The first kappa shape index (κ1) is 15.2. The molecule has 0 fully saturated rings. The quantitative estimate of drug-likeness (QED) is 0.797. The molecule has 0 aliphatic carbocycles. The molecule has 2 aromatic carbocycles. The van der Waals surface area contributed by atoms with E-state index < -0.39 is 0 Å². The van der Waals surface area contributed by atoms with Gasteiger partial charge in [0.1, 0.15) is 5.75 Å². The van der Waals surface area contributed by atoms with Crippen molar-refractivity contribution < 1.29 is 9.15 Å². The molecule has 1 heterocycles. The Balaban J connectivity index is 1.86. The van der Waals surface area contributed by atoms with Gasteiger partial charge in [-0.15, -0.1) is 10.2 Å². The van der Waals surface area contributed by atoms with Crippen LogP contribution in [-0.2, 0) is 5.54 Å². The fraction of sp³-hybridized carbons (Fsp3) is 0.222. The first-order valence-electron chi connectivity index (χ1n) is 7.35. The van der Waals surface area contributed by atoms with E-state index in [0.29, 0.717) is 11.8 Å². The number of aromatic nitrogens is 2. The lowest BCUT2D eigenvalue weighted by atomic mass is 9.95. The molecule has 0 unspecified atom stereocenters. The van der Waals surface area contributed by atoms with Crippen LogP contribution in [0.2, 0.25) is 0 Å². The third kappa shape index (κ3) is 3.24. The zero-order chi connectivity index (χ0) is 16.4. The Labute approximate surface area is 135 Å². The van der Waals surface area contributed by atoms with Crippen LogP contribution in [0.4, 0.5) is 0 Å². The van der Waals surface area contributed by atoms with E-state index in [1.54, 1.807) is 7.11 Å². The average Bonchev–Trinajstić information content (AvgIpc) is 3.04. The third-order valence-electron chi connectivity index (χ3n) is 3.64. The molecule has 1 aromatic heterocycles. The van der Waals surface area contributed by atoms with Gasteiger partial charge in [-0.05, 0) is 55.8 Å². The van der Waals surface area contributed by atoms with Gasteiger partial charge in [0.25, 0.3) is 0 Å². The van der Waals surface area contributed by atoms with Crippen LogP contribution in [-0.4, -0.2) is 17.3 Å². The van der Waals surface area contributed by atoms with Gasteiger partial charge in [0, 0.05) is 16.7 Å². The van der Waals surface area contributed by atoms with Gasteiger partial charge in [-0.1, -0.05) is 12.1 Å². The van der Waals surface area contributed by atoms with E-state index in [2.05, 4.69) is 10.2 Å². The number of nitrogens with two attached hydrogens (primary N) is 1. The molecule has 0 amide bonds. The van der Waals surface area contributed by atoms with Crippen LogP contribution in [0.3, 0.4) is 0 Å². The molecule has 0 aliphatic heterocycles. The van der Waals surface area contributed by atoms with Gasteiger partial charge in [-0.3, -0.25) is 0 Å². The number of ether oxygens (including phenoxy) is 1. The SMILES string of the molecule is COc1ccc(-c2nnc(-c3ccc(C(C)(C)N)cc3)o2)cc1. The van der Waals surface area contributed by atoms with E-state index in [4.69, 9.17) is 14.9 Å². The lowest BCUT2D eigenvalue weighted by Gasteiger charge is -2.18. The fourth-order valence-corrected chi connectivity index (χ4v) is 2.23. The second-order valence-corrected chi connectivity index (χ2v) is 5.94. The van der Waals surface area contributed by atoms with E-state index in [1.165, 1.54) is 0 Å². The Bertz CT molecular complexity index is 784. The second kappa shape index (κ2) is 5.85. The zero-order valence-electron chi connectivity index (χ0n) is 13.4. The summed E-state index contributed by atoms with van der Waals surface area (Å²) in [4.78, 5) is 0. The summed E-state index contributed by atoms with van der Waals surface area (Å²) >= 11 is 0. The van der Waals surface area contributed by atoms with Gasteiger partial charge in [0.05, 0.1) is 7.11 Å². The number of nitrogens with zero attached hydrogens (tertiary/aromatic N) is 2. The number of hydrogen-bond donors (Lipinski definition) is 1. The Morgan fingerprint density at radius 3 is 1.78 bits per heavy atom. The number of benzene rings is 2. The molecule has 23 heavy (non-hydrogen) atoms. The van der Waals surface area contributed by atoms with Gasteiger partial charge < -0.3 is 14.9 Å². The highest BCUT2D eigenvalue weighted by Crippen LogP contribution is 2.26. The number of hydrogen-bond acceptors (Lipinski definition) is 5. The van der Waals surface area contributed by atoms with Crippen molar-refractivity contribution in [2.45, 2.75) is 19.4 Å². The maximum absolute atomic E-state index is 6.09. The summed E-state index contributed by atoms with van der Waals surface area (Å²) in [5.74, 6) is 1.75. The lowest BCUT2D eigenvalue weighted by molar-refractivity contribution is 0.415. The van der Waals surface area contributed by atoms with Crippen molar-refractivity contribution >= 4 is 0 Å². The Hall–Kier alpha value is -2.66.